The fourth-order valence-electron chi connectivity index (χ4n) is 2.90. The highest BCUT2D eigenvalue weighted by molar-refractivity contribution is 7.22. The van der Waals surface area contributed by atoms with E-state index in [0.717, 1.165) is 21.3 Å². The van der Waals surface area contributed by atoms with Crippen LogP contribution in [-0.4, -0.2) is 41.5 Å². The zero-order chi connectivity index (χ0) is 22.3. The molecule has 0 aliphatic carbocycles. The Morgan fingerprint density at radius 2 is 1.90 bits per heavy atom. The lowest BCUT2D eigenvalue weighted by molar-refractivity contribution is 0.00578. The van der Waals surface area contributed by atoms with Gasteiger partial charge in [0, 0.05) is 6.54 Å². The normalized spacial score (nSPS) is 18.7. The molecule has 0 spiro atoms. The van der Waals surface area contributed by atoms with Gasteiger partial charge >= 0.3 is 13.2 Å². The molecule has 1 aliphatic rings. The second kappa shape index (κ2) is 8.15. The Morgan fingerprint density at radius 1 is 1.27 bits per heavy atom. The smallest absolute Gasteiger partial charge is 0.444 e. The van der Waals surface area contributed by atoms with Gasteiger partial charge in [-0.2, -0.15) is 0 Å². The number of carbonyl (C=O) groups is 1. The van der Waals surface area contributed by atoms with Crippen LogP contribution in [0.2, 0.25) is 4.47 Å². The first kappa shape index (κ1) is 23.1. The molecule has 6 nitrogen and oxygen atoms in total. The van der Waals surface area contributed by atoms with E-state index in [1.165, 1.54) is 11.3 Å². The molecule has 30 heavy (non-hydrogen) atoms. The van der Waals surface area contributed by atoms with E-state index in [1.54, 1.807) is 0 Å². The van der Waals surface area contributed by atoms with Crippen LogP contribution in [0.4, 0.5) is 4.79 Å². The van der Waals surface area contributed by atoms with Crippen LogP contribution in [0, 0.1) is 0 Å². The van der Waals surface area contributed by atoms with Gasteiger partial charge in [0.15, 0.2) is 4.47 Å². The number of benzene rings is 1. The SMILES string of the molecule is CC(C)(C)OC(=O)NCC(=Cc1ccc2nc(Cl)sc2c1)B1OC(C)(C)C(C)(C)O1. The van der Waals surface area contributed by atoms with Gasteiger partial charge in [0.2, 0.25) is 0 Å². The average molecular weight is 451 g/mol. The lowest BCUT2D eigenvalue weighted by Crippen LogP contribution is -2.41. The van der Waals surface area contributed by atoms with Gasteiger partial charge in [-0.1, -0.05) is 23.7 Å². The van der Waals surface area contributed by atoms with Crippen LogP contribution in [0.25, 0.3) is 16.3 Å². The highest BCUT2D eigenvalue weighted by atomic mass is 35.5. The predicted octanol–water partition coefficient (Wildman–Crippen LogP) is 5.49. The van der Waals surface area contributed by atoms with E-state index < -0.39 is 30.0 Å². The summed E-state index contributed by atoms with van der Waals surface area (Å²) < 4.78 is 19.3. The number of rotatable bonds is 4. The Hall–Kier alpha value is -1.61. The molecule has 0 atom stereocenters. The number of aromatic nitrogens is 1. The second-order valence-electron chi connectivity index (χ2n) is 9.36. The maximum absolute atomic E-state index is 12.2. The molecule has 0 radical (unpaired) electrons. The topological polar surface area (TPSA) is 69.7 Å². The predicted molar refractivity (Wildman–Crippen MR) is 123 cm³/mol. The van der Waals surface area contributed by atoms with Crippen molar-refractivity contribution in [2.45, 2.75) is 65.3 Å². The molecule has 1 fully saturated rings. The molecule has 0 saturated carbocycles. The van der Waals surface area contributed by atoms with Gasteiger partial charge in [-0.05, 0) is 71.6 Å². The molecule has 162 valence electrons. The van der Waals surface area contributed by atoms with Crippen molar-refractivity contribution in [3.63, 3.8) is 0 Å². The Morgan fingerprint density at radius 3 is 2.50 bits per heavy atom. The molecule has 1 saturated heterocycles. The van der Waals surface area contributed by atoms with Crippen molar-refractivity contribution in [1.29, 1.82) is 0 Å². The van der Waals surface area contributed by atoms with Gasteiger partial charge in [-0.15, -0.1) is 11.3 Å². The molecule has 0 bridgehead atoms. The van der Waals surface area contributed by atoms with Crippen LogP contribution in [0.15, 0.2) is 23.7 Å². The van der Waals surface area contributed by atoms with E-state index in [9.17, 15) is 4.79 Å². The van der Waals surface area contributed by atoms with Gasteiger partial charge in [-0.3, -0.25) is 0 Å². The highest BCUT2D eigenvalue weighted by Gasteiger charge is 2.52. The third-order valence-corrected chi connectivity index (χ3v) is 6.25. The fourth-order valence-corrected chi connectivity index (χ4v) is 3.98. The minimum Gasteiger partial charge on any atom is -0.444 e. The maximum atomic E-state index is 12.2. The van der Waals surface area contributed by atoms with Crippen molar-refractivity contribution in [2.75, 3.05) is 6.54 Å². The van der Waals surface area contributed by atoms with Gasteiger partial charge < -0.3 is 19.4 Å². The van der Waals surface area contributed by atoms with Crippen molar-refractivity contribution in [1.82, 2.24) is 10.3 Å². The third kappa shape index (κ3) is 5.35. The summed E-state index contributed by atoms with van der Waals surface area (Å²) in [5.74, 6) is 0. The van der Waals surface area contributed by atoms with Crippen molar-refractivity contribution in [3.05, 3.63) is 33.7 Å². The largest absolute Gasteiger partial charge is 0.492 e. The van der Waals surface area contributed by atoms with Gasteiger partial charge in [-0.25, -0.2) is 9.78 Å². The Bertz CT molecular complexity index is 965. The van der Waals surface area contributed by atoms with Crippen LogP contribution in [0.3, 0.4) is 0 Å². The molecule has 1 amide bonds. The molecule has 2 aromatic rings. The Kier molecular flexibility index (Phi) is 6.27. The number of alkyl carbamates (subject to hydrolysis) is 1. The molecule has 1 aromatic heterocycles. The summed E-state index contributed by atoms with van der Waals surface area (Å²) >= 11 is 7.46. The van der Waals surface area contributed by atoms with E-state index in [4.69, 9.17) is 25.6 Å². The molecule has 1 aromatic carbocycles. The minimum absolute atomic E-state index is 0.229. The second-order valence-corrected chi connectivity index (χ2v) is 11.0. The summed E-state index contributed by atoms with van der Waals surface area (Å²) in [5.41, 5.74) is 1.03. The fraction of sp³-hybridized carbons (Fsp3) is 0.524. The van der Waals surface area contributed by atoms with Crippen molar-refractivity contribution in [3.8, 4) is 0 Å². The molecule has 0 unspecified atom stereocenters. The number of ether oxygens (including phenoxy) is 1. The standard InChI is InChI=1S/C21H28BClN2O4S/c1-19(2,3)27-18(26)24-12-14(22-28-20(4,5)21(6,7)29-22)10-13-8-9-15-16(11-13)30-17(23)25-15/h8-11H,12H2,1-7H3,(H,24,26). The van der Waals surface area contributed by atoms with Crippen LogP contribution in [0.1, 0.15) is 54.0 Å². The summed E-state index contributed by atoms with van der Waals surface area (Å²) in [7, 11) is -0.592. The zero-order valence-electron chi connectivity index (χ0n) is 18.5. The molecular formula is C21H28BClN2O4S. The average Bonchev–Trinajstić information content (AvgIpc) is 3.04. The number of halogens is 1. The van der Waals surface area contributed by atoms with Crippen molar-refractivity contribution < 1.29 is 18.8 Å². The third-order valence-electron chi connectivity index (χ3n) is 5.13. The lowest BCUT2D eigenvalue weighted by atomic mass is 9.77. The lowest BCUT2D eigenvalue weighted by Gasteiger charge is -2.32. The van der Waals surface area contributed by atoms with E-state index in [-0.39, 0.29) is 6.54 Å². The van der Waals surface area contributed by atoms with Gasteiger partial charge in [0.05, 0.1) is 21.4 Å². The number of nitrogens with zero attached hydrogens (tertiary/aromatic N) is 1. The van der Waals surface area contributed by atoms with E-state index in [0.29, 0.717) is 4.47 Å². The number of thiazole rings is 1. The molecular weight excluding hydrogens is 423 g/mol. The number of fused-ring (bicyclic) bond motifs is 1. The van der Waals surface area contributed by atoms with Crippen LogP contribution in [-0.2, 0) is 14.0 Å². The first-order chi connectivity index (χ1) is 13.8. The van der Waals surface area contributed by atoms with Crippen molar-refractivity contribution >= 4 is 52.4 Å². The van der Waals surface area contributed by atoms with E-state index >= 15 is 0 Å². The van der Waals surface area contributed by atoms with Crippen LogP contribution < -0.4 is 5.32 Å². The summed E-state index contributed by atoms with van der Waals surface area (Å²) in [5, 5.41) is 2.81. The number of carbonyl (C=O) groups excluding carboxylic acids is 1. The zero-order valence-corrected chi connectivity index (χ0v) is 20.0. The monoisotopic (exact) mass is 450 g/mol. The van der Waals surface area contributed by atoms with Crippen molar-refractivity contribution in [2.24, 2.45) is 0 Å². The van der Waals surface area contributed by atoms with Gasteiger partial charge in [0.1, 0.15) is 5.60 Å². The summed E-state index contributed by atoms with van der Waals surface area (Å²) in [6, 6.07) is 5.89. The number of amides is 1. The first-order valence-electron chi connectivity index (χ1n) is 9.85. The van der Waals surface area contributed by atoms with Gasteiger partial charge in [0.25, 0.3) is 0 Å². The number of hydrogen-bond acceptors (Lipinski definition) is 6. The van der Waals surface area contributed by atoms with E-state index in [2.05, 4.69) is 10.3 Å². The first-order valence-corrected chi connectivity index (χ1v) is 11.0. The van der Waals surface area contributed by atoms with E-state index in [1.807, 2.05) is 72.7 Å². The number of nitrogens with one attached hydrogen (secondary N) is 1. The Balaban J connectivity index is 1.88. The summed E-state index contributed by atoms with van der Waals surface area (Å²) in [6.07, 6.45) is 1.47. The molecule has 1 aliphatic heterocycles. The van der Waals surface area contributed by atoms with Crippen LogP contribution >= 0.6 is 22.9 Å². The quantitative estimate of drug-likeness (QED) is 0.624. The minimum atomic E-state index is -0.592. The molecule has 9 heteroatoms. The number of hydrogen-bond donors (Lipinski definition) is 1. The molecule has 3 rings (SSSR count). The maximum Gasteiger partial charge on any atom is 0.492 e. The molecule has 1 N–H and O–H groups in total. The highest BCUT2D eigenvalue weighted by Crippen LogP contribution is 2.39. The Labute approximate surface area is 187 Å². The summed E-state index contributed by atoms with van der Waals surface area (Å²) in [4.78, 5) is 16.5. The van der Waals surface area contributed by atoms with Crippen LogP contribution in [0.5, 0.6) is 0 Å². The summed E-state index contributed by atoms with van der Waals surface area (Å²) in [6.45, 7) is 13.7. The molecule has 2 heterocycles.